The molecule has 1 heterocycles. The van der Waals surface area contributed by atoms with Crippen molar-refractivity contribution in [2.45, 2.75) is 25.9 Å². The molecule has 0 radical (unpaired) electrons. The van der Waals surface area contributed by atoms with Crippen molar-refractivity contribution in [2.75, 3.05) is 41.3 Å². The maximum Gasteiger partial charge on any atom is 0.195 e. The Labute approximate surface area is 135 Å². The first kappa shape index (κ1) is 16.8. The zero-order valence-corrected chi connectivity index (χ0v) is 14.7. The summed E-state index contributed by atoms with van der Waals surface area (Å²) >= 11 is 0. The zero-order chi connectivity index (χ0) is 16.1. The van der Waals surface area contributed by atoms with Crippen LogP contribution in [0, 0.1) is 5.92 Å². The van der Waals surface area contributed by atoms with Gasteiger partial charge >= 0.3 is 0 Å². The third kappa shape index (κ3) is 4.47. The summed E-state index contributed by atoms with van der Waals surface area (Å²) < 4.78 is 0. The Kier molecular flexibility index (Phi) is 5.83. The molecule has 1 fully saturated rings. The third-order valence-electron chi connectivity index (χ3n) is 4.31. The normalized spacial score (nSPS) is 21.7. The molecule has 2 atom stereocenters. The van der Waals surface area contributed by atoms with E-state index in [0.29, 0.717) is 12.0 Å². The Bertz CT molecular complexity index is 471. The summed E-state index contributed by atoms with van der Waals surface area (Å²) in [5.41, 5.74) is 1.40. The van der Waals surface area contributed by atoms with E-state index in [2.05, 4.69) is 80.1 Å². The molecule has 0 unspecified atom stereocenters. The van der Waals surface area contributed by atoms with Gasteiger partial charge in [0.25, 0.3) is 0 Å². The van der Waals surface area contributed by atoms with E-state index >= 15 is 0 Å². The third-order valence-corrected chi connectivity index (χ3v) is 4.31. The molecule has 22 heavy (non-hydrogen) atoms. The Hall–Kier alpha value is -1.55. The minimum absolute atomic E-state index is 0.641. The summed E-state index contributed by atoms with van der Waals surface area (Å²) in [7, 11) is 8.21. The van der Waals surface area contributed by atoms with E-state index in [0.717, 1.165) is 25.6 Å². The standard InChI is InChI=1S/C18H30N4/c1-15-11-17(12-19-18(20(2)3)21(4)5)14-22(15)13-16-9-7-6-8-10-16/h6-10,15,17H,11-14H2,1-5H3/t15-,17-/m0/s1. The lowest BCUT2D eigenvalue weighted by atomic mass is 10.1. The van der Waals surface area contributed by atoms with Crippen molar-refractivity contribution in [3.63, 3.8) is 0 Å². The number of benzene rings is 1. The number of hydrogen-bond donors (Lipinski definition) is 0. The minimum atomic E-state index is 0.641. The van der Waals surface area contributed by atoms with Crippen molar-refractivity contribution >= 4 is 5.96 Å². The molecule has 0 saturated carbocycles. The van der Waals surface area contributed by atoms with Crippen LogP contribution in [0.25, 0.3) is 0 Å². The summed E-state index contributed by atoms with van der Waals surface area (Å²) in [6.07, 6.45) is 1.24. The van der Waals surface area contributed by atoms with Crippen molar-refractivity contribution in [2.24, 2.45) is 10.9 Å². The Balaban J connectivity index is 1.92. The first-order valence-corrected chi connectivity index (χ1v) is 8.14. The van der Waals surface area contributed by atoms with Gasteiger partial charge in [-0.3, -0.25) is 9.89 Å². The van der Waals surface area contributed by atoms with Crippen molar-refractivity contribution in [3.8, 4) is 0 Å². The van der Waals surface area contributed by atoms with Gasteiger partial charge in [-0.2, -0.15) is 0 Å². The Morgan fingerprint density at radius 2 is 1.77 bits per heavy atom. The molecule has 4 nitrogen and oxygen atoms in total. The molecule has 1 aliphatic rings. The van der Waals surface area contributed by atoms with Gasteiger partial charge in [-0.15, -0.1) is 0 Å². The van der Waals surface area contributed by atoms with Crippen LogP contribution in [-0.4, -0.2) is 68.0 Å². The van der Waals surface area contributed by atoms with Gasteiger partial charge in [-0.05, 0) is 24.8 Å². The van der Waals surface area contributed by atoms with E-state index in [1.165, 1.54) is 12.0 Å². The summed E-state index contributed by atoms with van der Waals surface area (Å²) in [4.78, 5) is 11.6. The lowest BCUT2D eigenvalue weighted by Gasteiger charge is -2.23. The lowest BCUT2D eigenvalue weighted by Crippen LogP contribution is -2.36. The molecule has 0 spiro atoms. The van der Waals surface area contributed by atoms with E-state index in [1.807, 2.05) is 0 Å². The fourth-order valence-electron chi connectivity index (χ4n) is 3.28. The van der Waals surface area contributed by atoms with Crippen LogP contribution < -0.4 is 0 Å². The molecule has 0 aromatic heterocycles. The molecule has 1 aromatic carbocycles. The van der Waals surface area contributed by atoms with E-state index in [9.17, 15) is 0 Å². The van der Waals surface area contributed by atoms with Gasteiger partial charge in [0.05, 0.1) is 0 Å². The fraction of sp³-hybridized carbons (Fsp3) is 0.611. The molecule has 0 bridgehead atoms. The van der Waals surface area contributed by atoms with Gasteiger partial charge in [-0.1, -0.05) is 30.3 Å². The second-order valence-electron chi connectivity index (χ2n) is 6.80. The topological polar surface area (TPSA) is 22.1 Å². The molecule has 0 aliphatic carbocycles. The highest BCUT2D eigenvalue weighted by atomic mass is 15.3. The maximum atomic E-state index is 4.82. The quantitative estimate of drug-likeness (QED) is 0.630. The van der Waals surface area contributed by atoms with E-state index in [4.69, 9.17) is 4.99 Å². The van der Waals surface area contributed by atoms with Crippen LogP contribution in [0.4, 0.5) is 0 Å². The highest BCUT2D eigenvalue weighted by Gasteiger charge is 2.28. The molecule has 0 amide bonds. The molecular weight excluding hydrogens is 272 g/mol. The largest absolute Gasteiger partial charge is 0.349 e. The van der Waals surface area contributed by atoms with E-state index in [-0.39, 0.29) is 0 Å². The van der Waals surface area contributed by atoms with E-state index in [1.54, 1.807) is 0 Å². The van der Waals surface area contributed by atoms with Crippen LogP contribution >= 0.6 is 0 Å². The summed E-state index contributed by atoms with van der Waals surface area (Å²) in [6.45, 7) is 5.46. The SMILES string of the molecule is C[C@H]1C[C@@H](CN=C(N(C)C)N(C)C)CN1Cc1ccccc1. The average Bonchev–Trinajstić information content (AvgIpc) is 2.79. The van der Waals surface area contributed by atoms with Crippen LogP contribution in [0.1, 0.15) is 18.9 Å². The van der Waals surface area contributed by atoms with Crippen LogP contribution in [0.3, 0.4) is 0 Å². The van der Waals surface area contributed by atoms with Gasteiger partial charge < -0.3 is 9.80 Å². The Morgan fingerprint density at radius 3 is 2.36 bits per heavy atom. The number of hydrogen-bond acceptors (Lipinski definition) is 2. The average molecular weight is 302 g/mol. The number of guanidine groups is 1. The number of likely N-dealkylation sites (tertiary alicyclic amines) is 1. The molecule has 1 aliphatic heterocycles. The van der Waals surface area contributed by atoms with Crippen LogP contribution in [0.5, 0.6) is 0 Å². The number of rotatable bonds is 4. The van der Waals surface area contributed by atoms with Crippen molar-refractivity contribution in [1.29, 1.82) is 0 Å². The summed E-state index contributed by atoms with van der Waals surface area (Å²) in [6, 6.07) is 11.4. The molecule has 122 valence electrons. The second kappa shape index (κ2) is 7.63. The molecule has 1 aromatic rings. The monoisotopic (exact) mass is 302 g/mol. The maximum absolute atomic E-state index is 4.82. The van der Waals surface area contributed by atoms with Crippen molar-refractivity contribution in [3.05, 3.63) is 35.9 Å². The predicted molar refractivity (Wildman–Crippen MR) is 94.1 cm³/mol. The first-order valence-electron chi connectivity index (χ1n) is 8.14. The Morgan fingerprint density at radius 1 is 1.14 bits per heavy atom. The zero-order valence-electron chi connectivity index (χ0n) is 14.7. The molecule has 2 rings (SSSR count). The predicted octanol–water partition coefficient (Wildman–Crippen LogP) is 2.38. The van der Waals surface area contributed by atoms with Gasteiger partial charge in [0.15, 0.2) is 5.96 Å². The van der Waals surface area contributed by atoms with Crippen LogP contribution in [0.2, 0.25) is 0 Å². The number of aliphatic imine (C=N–C) groups is 1. The highest BCUT2D eigenvalue weighted by molar-refractivity contribution is 5.79. The van der Waals surface area contributed by atoms with Crippen LogP contribution in [-0.2, 0) is 6.54 Å². The van der Waals surface area contributed by atoms with Gasteiger partial charge in [0.1, 0.15) is 0 Å². The summed E-state index contributed by atoms with van der Waals surface area (Å²) in [5.74, 6) is 1.71. The van der Waals surface area contributed by atoms with Crippen molar-refractivity contribution in [1.82, 2.24) is 14.7 Å². The fourth-order valence-corrected chi connectivity index (χ4v) is 3.28. The summed E-state index contributed by atoms with van der Waals surface area (Å²) in [5, 5.41) is 0. The molecule has 1 saturated heterocycles. The first-order chi connectivity index (χ1) is 10.5. The van der Waals surface area contributed by atoms with Gasteiger partial charge in [0, 0.05) is 53.9 Å². The van der Waals surface area contributed by atoms with Gasteiger partial charge in [-0.25, -0.2) is 0 Å². The second-order valence-corrected chi connectivity index (χ2v) is 6.80. The molecule has 4 heteroatoms. The molecule has 0 N–H and O–H groups in total. The highest BCUT2D eigenvalue weighted by Crippen LogP contribution is 2.25. The van der Waals surface area contributed by atoms with Gasteiger partial charge in [0.2, 0.25) is 0 Å². The smallest absolute Gasteiger partial charge is 0.195 e. The van der Waals surface area contributed by atoms with Crippen LogP contribution in [0.15, 0.2) is 35.3 Å². The molecular formula is C18H30N4. The van der Waals surface area contributed by atoms with Crippen molar-refractivity contribution < 1.29 is 0 Å². The minimum Gasteiger partial charge on any atom is -0.349 e. The van der Waals surface area contributed by atoms with E-state index < -0.39 is 0 Å². The lowest BCUT2D eigenvalue weighted by molar-refractivity contribution is 0.256. The number of nitrogens with zero attached hydrogens (tertiary/aromatic N) is 4.